The molecule has 0 aromatic heterocycles. The quantitative estimate of drug-likeness (QED) is 0.670. The Kier molecular flexibility index (Phi) is 8.14. The van der Waals surface area contributed by atoms with Gasteiger partial charge >= 0.3 is 0 Å². The summed E-state index contributed by atoms with van der Waals surface area (Å²) in [6, 6.07) is 15.7. The molecule has 2 aromatic rings. The summed E-state index contributed by atoms with van der Waals surface area (Å²) in [7, 11) is 1.63. The van der Waals surface area contributed by atoms with E-state index >= 15 is 0 Å². The van der Waals surface area contributed by atoms with Crippen molar-refractivity contribution in [3.8, 4) is 11.5 Å². The molecule has 2 aromatic carbocycles. The van der Waals surface area contributed by atoms with Crippen molar-refractivity contribution in [2.45, 2.75) is 52.4 Å². The number of nitrogens with one attached hydrogen (secondary N) is 2. The van der Waals surface area contributed by atoms with Crippen molar-refractivity contribution in [2.75, 3.05) is 7.11 Å². The van der Waals surface area contributed by atoms with Crippen LogP contribution in [-0.2, 0) is 17.9 Å². The minimum absolute atomic E-state index is 0.0124. The SMILES string of the molecule is CCC(C)NC(=O)C(C)NCc1ccc(OC)c(OCc2ccccc2)c1. The van der Waals surface area contributed by atoms with Crippen LogP contribution >= 0.6 is 0 Å². The van der Waals surface area contributed by atoms with E-state index in [4.69, 9.17) is 9.47 Å². The molecule has 0 aliphatic rings. The smallest absolute Gasteiger partial charge is 0.237 e. The number of carbonyl (C=O) groups is 1. The zero-order chi connectivity index (χ0) is 19.6. The summed E-state index contributed by atoms with van der Waals surface area (Å²) >= 11 is 0. The number of methoxy groups -OCH3 is 1. The summed E-state index contributed by atoms with van der Waals surface area (Å²) in [5, 5.41) is 6.25. The van der Waals surface area contributed by atoms with Crippen molar-refractivity contribution in [3.63, 3.8) is 0 Å². The van der Waals surface area contributed by atoms with E-state index in [1.165, 1.54) is 0 Å². The molecular weight excluding hydrogens is 340 g/mol. The number of carbonyl (C=O) groups excluding carboxylic acids is 1. The number of amides is 1. The van der Waals surface area contributed by atoms with Crippen LogP contribution in [0.5, 0.6) is 11.5 Å². The Balaban J connectivity index is 1.96. The third kappa shape index (κ3) is 6.61. The molecular formula is C22H30N2O3. The number of hydrogen-bond donors (Lipinski definition) is 2. The number of rotatable bonds is 10. The maximum absolute atomic E-state index is 12.1. The van der Waals surface area contributed by atoms with Crippen LogP contribution in [-0.4, -0.2) is 25.1 Å². The molecule has 0 radical (unpaired) electrons. The Labute approximate surface area is 162 Å². The lowest BCUT2D eigenvalue weighted by Crippen LogP contribution is -2.45. The van der Waals surface area contributed by atoms with E-state index in [-0.39, 0.29) is 18.0 Å². The highest BCUT2D eigenvalue weighted by Crippen LogP contribution is 2.29. The van der Waals surface area contributed by atoms with Crippen LogP contribution in [0.1, 0.15) is 38.3 Å². The van der Waals surface area contributed by atoms with Gasteiger partial charge in [-0.15, -0.1) is 0 Å². The molecule has 0 saturated heterocycles. The number of hydrogen-bond acceptors (Lipinski definition) is 4. The summed E-state index contributed by atoms with van der Waals surface area (Å²) in [6.45, 7) is 6.97. The summed E-state index contributed by atoms with van der Waals surface area (Å²) in [6.07, 6.45) is 0.916. The van der Waals surface area contributed by atoms with Crippen molar-refractivity contribution in [2.24, 2.45) is 0 Å². The fourth-order valence-electron chi connectivity index (χ4n) is 2.51. The van der Waals surface area contributed by atoms with Crippen LogP contribution in [0.4, 0.5) is 0 Å². The van der Waals surface area contributed by atoms with E-state index in [1.54, 1.807) is 7.11 Å². The first-order valence-electron chi connectivity index (χ1n) is 9.40. The van der Waals surface area contributed by atoms with E-state index < -0.39 is 0 Å². The van der Waals surface area contributed by atoms with Crippen LogP contribution in [0.15, 0.2) is 48.5 Å². The zero-order valence-electron chi connectivity index (χ0n) is 16.6. The van der Waals surface area contributed by atoms with E-state index in [9.17, 15) is 4.79 Å². The summed E-state index contributed by atoms with van der Waals surface area (Å²) in [5.41, 5.74) is 2.13. The van der Waals surface area contributed by atoms with E-state index in [1.807, 2.05) is 62.4 Å². The molecule has 0 heterocycles. The largest absolute Gasteiger partial charge is 0.493 e. The zero-order valence-corrected chi connectivity index (χ0v) is 16.6. The highest BCUT2D eigenvalue weighted by Gasteiger charge is 2.14. The first kappa shape index (κ1) is 20.8. The van der Waals surface area contributed by atoms with Crippen LogP contribution in [0.3, 0.4) is 0 Å². The molecule has 2 unspecified atom stereocenters. The van der Waals surface area contributed by atoms with Gasteiger partial charge in [-0.3, -0.25) is 4.79 Å². The minimum Gasteiger partial charge on any atom is -0.493 e. The van der Waals surface area contributed by atoms with Crippen molar-refractivity contribution in [3.05, 3.63) is 59.7 Å². The standard InChI is InChI=1S/C22H30N2O3/c1-5-16(2)24-22(25)17(3)23-14-19-11-12-20(26-4)21(13-19)27-15-18-9-7-6-8-10-18/h6-13,16-17,23H,5,14-15H2,1-4H3,(H,24,25). The molecule has 0 saturated carbocycles. The molecule has 0 spiro atoms. The maximum atomic E-state index is 12.1. The second-order valence-corrected chi connectivity index (χ2v) is 6.68. The lowest BCUT2D eigenvalue weighted by molar-refractivity contribution is -0.123. The van der Waals surface area contributed by atoms with Crippen molar-refractivity contribution >= 4 is 5.91 Å². The molecule has 2 rings (SSSR count). The van der Waals surface area contributed by atoms with Gasteiger partial charge in [0, 0.05) is 12.6 Å². The van der Waals surface area contributed by atoms with Crippen molar-refractivity contribution in [1.82, 2.24) is 10.6 Å². The van der Waals surface area contributed by atoms with Crippen molar-refractivity contribution in [1.29, 1.82) is 0 Å². The van der Waals surface area contributed by atoms with Gasteiger partial charge in [-0.1, -0.05) is 43.3 Å². The fourth-order valence-corrected chi connectivity index (χ4v) is 2.51. The molecule has 1 amide bonds. The van der Waals surface area contributed by atoms with Gasteiger partial charge < -0.3 is 20.1 Å². The van der Waals surface area contributed by atoms with Gasteiger partial charge in [0.15, 0.2) is 11.5 Å². The summed E-state index contributed by atoms with van der Waals surface area (Å²) in [4.78, 5) is 12.1. The van der Waals surface area contributed by atoms with Gasteiger partial charge in [0.2, 0.25) is 5.91 Å². The third-order valence-electron chi connectivity index (χ3n) is 4.47. The molecule has 0 aliphatic heterocycles. The molecule has 0 aliphatic carbocycles. The number of benzene rings is 2. The summed E-state index contributed by atoms with van der Waals surface area (Å²) in [5.74, 6) is 1.40. The fraction of sp³-hybridized carbons (Fsp3) is 0.409. The first-order valence-corrected chi connectivity index (χ1v) is 9.40. The van der Waals surface area contributed by atoms with Gasteiger partial charge in [0.25, 0.3) is 0 Å². The molecule has 2 atom stereocenters. The minimum atomic E-state index is -0.269. The van der Waals surface area contributed by atoms with Gasteiger partial charge in [-0.25, -0.2) is 0 Å². The van der Waals surface area contributed by atoms with Gasteiger partial charge in [0.1, 0.15) is 6.61 Å². The Hall–Kier alpha value is -2.53. The lowest BCUT2D eigenvalue weighted by Gasteiger charge is -2.18. The topological polar surface area (TPSA) is 59.6 Å². The molecule has 0 fully saturated rings. The average Bonchev–Trinajstić information content (AvgIpc) is 2.70. The van der Waals surface area contributed by atoms with Crippen LogP contribution in [0, 0.1) is 0 Å². The Morgan fingerprint density at radius 1 is 1.04 bits per heavy atom. The maximum Gasteiger partial charge on any atom is 0.237 e. The van der Waals surface area contributed by atoms with E-state index in [0.29, 0.717) is 24.7 Å². The molecule has 146 valence electrons. The predicted octanol–water partition coefficient (Wildman–Crippen LogP) is 3.67. The second-order valence-electron chi connectivity index (χ2n) is 6.68. The second kappa shape index (κ2) is 10.6. The van der Waals surface area contributed by atoms with E-state index in [0.717, 1.165) is 17.5 Å². The third-order valence-corrected chi connectivity index (χ3v) is 4.47. The molecule has 5 nitrogen and oxygen atoms in total. The Bertz CT molecular complexity index is 719. The molecule has 0 bridgehead atoms. The Morgan fingerprint density at radius 2 is 1.78 bits per heavy atom. The molecule has 5 heteroatoms. The van der Waals surface area contributed by atoms with Crippen LogP contribution < -0.4 is 20.1 Å². The normalized spacial score (nSPS) is 12.9. The molecule has 27 heavy (non-hydrogen) atoms. The first-order chi connectivity index (χ1) is 13.0. The van der Waals surface area contributed by atoms with Gasteiger partial charge in [-0.05, 0) is 43.5 Å². The lowest BCUT2D eigenvalue weighted by atomic mass is 10.1. The predicted molar refractivity (Wildman–Crippen MR) is 108 cm³/mol. The monoisotopic (exact) mass is 370 g/mol. The van der Waals surface area contributed by atoms with E-state index in [2.05, 4.69) is 17.6 Å². The highest BCUT2D eigenvalue weighted by molar-refractivity contribution is 5.81. The van der Waals surface area contributed by atoms with Gasteiger partial charge in [0.05, 0.1) is 13.2 Å². The Morgan fingerprint density at radius 3 is 2.44 bits per heavy atom. The summed E-state index contributed by atoms with van der Waals surface area (Å²) < 4.78 is 11.3. The molecule has 2 N–H and O–H groups in total. The van der Waals surface area contributed by atoms with Crippen LogP contribution in [0.25, 0.3) is 0 Å². The highest BCUT2D eigenvalue weighted by atomic mass is 16.5. The van der Waals surface area contributed by atoms with Gasteiger partial charge in [-0.2, -0.15) is 0 Å². The van der Waals surface area contributed by atoms with Crippen LogP contribution in [0.2, 0.25) is 0 Å². The average molecular weight is 370 g/mol. The number of ether oxygens (including phenoxy) is 2. The van der Waals surface area contributed by atoms with Crippen molar-refractivity contribution < 1.29 is 14.3 Å².